The summed E-state index contributed by atoms with van der Waals surface area (Å²) >= 11 is 0. The molecule has 0 aliphatic heterocycles. The van der Waals surface area contributed by atoms with Gasteiger partial charge in [-0.25, -0.2) is 0 Å². The second-order valence-electron chi connectivity index (χ2n) is 7.23. The van der Waals surface area contributed by atoms with E-state index in [4.69, 9.17) is 4.74 Å². The van der Waals surface area contributed by atoms with Crippen LogP contribution in [0.15, 0.2) is 0 Å². The molecule has 0 spiro atoms. The lowest BCUT2D eigenvalue weighted by atomic mass is 9.87. The molecule has 2 atom stereocenters. The van der Waals surface area contributed by atoms with Crippen molar-refractivity contribution in [1.82, 2.24) is 5.32 Å². The van der Waals surface area contributed by atoms with E-state index in [-0.39, 0.29) is 29.6 Å². The summed E-state index contributed by atoms with van der Waals surface area (Å²) < 4.78 is 5.99. The van der Waals surface area contributed by atoms with Crippen molar-refractivity contribution in [2.75, 3.05) is 6.54 Å². The van der Waals surface area contributed by atoms with Crippen molar-refractivity contribution >= 4 is 5.91 Å². The van der Waals surface area contributed by atoms with E-state index in [0.717, 1.165) is 12.8 Å². The largest absolute Gasteiger partial charge is 0.393 e. The minimum absolute atomic E-state index is 0.0123. The summed E-state index contributed by atoms with van der Waals surface area (Å²) in [5, 5.41) is 12.5. The van der Waals surface area contributed by atoms with E-state index in [1.165, 1.54) is 19.3 Å². The van der Waals surface area contributed by atoms with Gasteiger partial charge < -0.3 is 15.2 Å². The SMILES string of the molecule is CCC(OC1CCCCC1)C(=O)NCC(C)(C)CC(C)O. The van der Waals surface area contributed by atoms with Gasteiger partial charge in [-0.2, -0.15) is 0 Å². The van der Waals surface area contributed by atoms with E-state index < -0.39 is 0 Å². The fourth-order valence-corrected chi connectivity index (χ4v) is 3.09. The van der Waals surface area contributed by atoms with Crippen LogP contribution in [-0.4, -0.2) is 35.9 Å². The van der Waals surface area contributed by atoms with Gasteiger partial charge in [0, 0.05) is 6.54 Å². The highest BCUT2D eigenvalue weighted by molar-refractivity contribution is 5.80. The molecule has 1 aliphatic rings. The van der Waals surface area contributed by atoms with E-state index in [1.807, 2.05) is 6.92 Å². The quantitative estimate of drug-likeness (QED) is 0.724. The van der Waals surface area contributed by atoms with E-state index in [1.54, 1.807) is 6.92 Å². The Labute approximate surface area is 129 Å². The van der Waals surface area contributed by atoms with Crippen LogP contribution in [0.5, 0.6) is 0 Å². The Balaban J connectivity index is 2.39. The maximum absolute atomic E-state index is 12.3. The average molecular weight is 299 g/mol. The first-order valence-electron chi connectivity index (χ1n) is 8.45. The molecule has 1 fully saturated rings. The molecular formula is C17H33NO3. The predicted octanol–water partition coefficient (Wildman–Crippen LogP) is 3.03. The third-order valence-corrected chi connectivity index (χ3v) is 4.16. The highest BCUT2D eigenvalue weighted by Crippen LogP contribution is 2.23. The summed E-state index contributed by atoms with van der Waals surface area (Å²) in [7, 11) is 0. The van der Waals surface area contributed by atoms with Crippen molar-refractivity contribution in [3.05, 3.63) is 0 Å². The Kier molecular flexibility index (Phi) is 7.67. The Morgan fingerprint density at radius 2 is 1.95 bits per heavy atom. The molecule has 4 nitrogen and oxygen atoms in total. The summed E-state index contributed by atoms with van der Waals surface area (Å²) in [6.45, 7) is 8.46. The first-order valence-corrected chi connectivity index (χ1v) is 8.45. The van der Waals surface area contributed by atoms with Crippen LogP contribution < -0.4 is 5.32 Å². The summed E-state index contributed by atoms with van der Waals surface area (Å²) in [6.07, 6.45) is 6.82. The molecule has 0 saturated heterocycles. The fraction of sp³-hybridized carbons (Fsp3) is 0.941. The average Bonchev–Trinajstić information content (AvgIpc) is 2.42. The van der Waals surface area contributed by atoms with Crippen LogP contribution in [0.4, 0.5) is 0 Å². The molecule has 0 bridgehead atoms. The maximum atomic E-state index is 12.3. The molecule has 124 valence electrons. The van der Waals surface area contributed by atoms with Gasteiger partial charge in [0.1, 0.15) is 6.10 Å². The summed E-state index contributed by atoms with van der Waals surface area (Å²) in [4.78, 5) is 12.3. The molecule has 0 aromatic rings. The molecule has 1 saturated carbocycles. The van der Waals surface area contributed by atoms with Crippen LogP contribution in [-0.2, 0) is 9.53 Å². The number of hydrogen-bond donors (Lipinski definition) is 2. The minimum Gasteiger partial charge on any atom is -0.393 e. The first kappa shape index (κ1) is 18.4. The standard InChI is InChI=1S/C17H33NO3/c1-5-15(21-14-9-7-6-8-10-14)16(20)18-12-17(3,4)11-13(2)19/h13-15,19H,5-12H2,1-4H3,(H,18,20). The van der Waals surface area contributed by atoms with Crippen LogP contribution in [0.2, 0.25) is 0 Å². The van der Waals surface area contributed by atoms with Crippen LogP contribution in [0.25, 0.3) is 0 Å². The normalized spacial score (nSPS) is 20.0. The van der Waals surface area contributed by atoms with E-state index in [2.05, 4.69) is 19.2 Å². The Morgan fingerprint density at radius 3 is 2.48 bits per heavy atom. The van der Waals surface area contributed by atoms with Gasteiger partial charge in [-0.15, -0.1) is 0 Å². The lowest BCUT2D eigenvalue weighted by molar-refractivity contribution is -0.138. The highest BCUT2D eigenvalue weighted by Gasteiger charge is 2.26. The van der Waals surface area contributed by atoms with Crippen molar-refractivity contribution in [3.8, 4) is 0 Å². The number of amides is 1. The zero-order valence-corrected chi connectivity index (χ0v) is 14.2. The van der Waals surface area contributed by atoms with Crippen LogP contribution in [0, 0.1) is 5.41 Å². The summed E-state index contributed by atoms with van der Waals surface area (Å²) in [6, 6.07) is 0. The van der Waals surface area contributed by atoms with E-state index in [9.17, 15) is 9.90 Å². The van der Waals surface area contributed by atoms with Crippen LogP contribution in [0.3, 0.4) is 0 Å². The number of aliphatic hydroxyl groups excluding tert-OH is 1. The van der Waals surface area contributed by atoms with E-state index >= 15 is 0 Å². The molecule has 0 aromatic heterocycles. The number of carbonyl (C=O) groups excluding carboxylic acids is 1. The van der Waals surface area contributed by atoms with Crippen molar-refractivity contribution in [1.29, 1.82) is 0 Å². The number of carbonyl (C=O) groups is 1. The fourth-order valence-electron chi connectivity index (χ4n) is 3.09. The first-order chi connectivity index (χ1) is 9.84. The number of aliphatic hydroxyl groups is 1. The summed E-state index contributed by atoms with van der Waals surface area (Å²) in [5.41, 5.74) is -0.104. The van der Waals surface area contributed by atoms with Crippen LogP contribution in [0.1, 0.15) is 72.6 Å². The maximum Gasteiger partial charge on any atom is 0.249 e. The Hall–Kier alpha value is -0.610. The van der Waals surface area contributed by atoms with Gasteiger partial charge in [0.25, 0.3) is 0 Å². The number of rotatable bonds is 8. The molecule has 0 radical (unpaired) electrons. The van der Waals surface area contributed by atoms with Crippen molar-refractivity contribution < 1.29 is 14.6 Å². The molecule has 0 heterocycles. The third-order valence-electron chi connectivity index (χ3n) is 4.16. The van der Waals surface area contributed by atoms with E-state index in [0.29, 0.717) is 19.4 Å². The number of hydrogen-bond acceptors (Lipinski definition) is 3. The van der Waals surface area contributed by atoms with Gasteiger partial charge in [-0.3, -0.25) is 4.79 Å². The molecule has 21 heavy (non-hydrogen) atoms. The molecule has 0 aromatic carbocycles. The lowest BCUT2D eigenvalue weighted by Gasteiger charge is -2.29. The lowest BCUT2D eigenvalue weighted by Crippen LogP contribution is -2.43. The van der Waals surface area contributed by atoms with Crippen molar-refractivity contribution in [3.63, 3.8) is 0 Å². The zero-order chi connectivity index (χ0) is 15.9. The van der Waals surface area contributed by atoms with Crippen molar-refractivity contribution in [2.24, 2.45) is 5.41 Å². The molecule has 1 aliphatic carbocycles. The predicted molar refractivity (Wildman–Crippen MR) is 85.1 cm³/mol. The molecule has 1 rings (SSSR count). The number of ether oxygens (including phenoxy) is 1. The minimum atomic E-state index is -0.350. The highest BCUT2D eigenvalue weighted by atomic mass is 16.5. The van der Waals surface area contributed by atoms with Gasteiger partial charge in [-0.1, -0.05) is 40.0 Å². The molecule has 2 N–H and O–H groups in total. The van der Waals surface area contributed by atoms with Gasteiger partial charge >= 0.3 is 0 Å². The molecular weight excluding hydrogens is 266 g/mol. The Morgan fingerprint density at radius 1 is 1.33 bits per heavy atom. The van der Waals surface area contributed by atoms with Gasteiger partial charge in [0.2, 0.25) is 5.91 Å². The second kappa shape index (κ2) is 8.74. The molecule has 2 unspecified atom stereocenters. The zero-order valence-electron chi connectivity index (χ0n) is 14.2. The van der Waals surface area contributed by atoms with Crippen molar-refractivity contribution in [2.45, 2.75) is 91.0 Å². The Bertz CT molecular complexity index is 309. The molecule has 1 amide bonds. The topological polar surface area (TPSA) is 58.6 Å². The van der Waals surface area contributed by atoms with Gasteiger partial charge in [-0.05, 0) is 38.0 Å². The second-order valence-corrected chi connectivity index (χ2v) is 7.23. The molecule has 4 heteroatoms. The summed E-state index contributed by atoms with van der Waals surface area (Å²) in [5.74, 6) is -0.0123. The van der Waals surface area contributed by atoms with Gasteiger partial charge in [0.15, 0.2) is 0 Å². The monoisotopic (exact) mass is 299 g/mol. The smallest absolute Gasteiger partial charge is 0.249 e. The van der Waals surface area contributed by atoms with Gasteiger partial charge in [0.05, 0.1) is 12.2 Å². The number of nitrogens with one attached hydrogen (secondary N) is 1. The van der Waals surface area contributed by atoms with Crippen LogP contribution >= 0.6 is 0 Å². The third kappa shape index (κ3) is 7.28.